The molecule has 0 fully saturated rings. The average molecular weight is 317 g/mol. The minimum atomic E-state index is 0.111. The number of carbonyl (C=O) groups is 1. The lowest BCUT2D eigenvalue weighted by molar-refractivity contribution is -0.117. The van der Waals surface area contributed by atoms with Crippen molar-refractivity contribution in [3.05, 3.63) is 40.3 Å². The van der Waals surface area contributed by atoms with Gasteiger partial charge in [-0.2, -0.15) is 0 Å². The molecule has 120 valence electrons. The molecule has 0 saturated carbocycles. The fourth-order valence-electron chi connectivity index (χ4n) is 2.89. The zero-order chi connectivity index (χ0) is 16.5. The summed E-state index contributed by atoms with van der Waals surface area (Å²) in [5, 5.41) is 0. The summed E-state index contributed by atoms with van der Waals surface area (Å²) in [4.78, 5) is 14.7. The highest BCUT2D eigenvalue weighted by molar-refractivity contribution is 8.04. The Bertz CT molecular complexity index is 567. The van der Waals surface area contributed by atoms with Crippen LogP contribution in [-0.2, 0) is 4.79 Å². The molecule has 0 aromatic heterocycles. The Kier molecular flexibility index (Phi) is 5.21. The van der Waals surface area contributed by atoms with Gasteiger partial charge in [-0.15, -0.1) is 0 Å². The second-order valence-electron chi connectivity index (χ2n) is 7.71. The van der Waals surface area contributed by atoms with Crippen molar-refractivity contribution in [3.63, 3.8) is 0 Å². The molecule has 1 aliphatic carbocycles. The van der Waals surface area contributed by atoms with Crippen LogP contribution in [0.25, 0.3) is 0 Å². The van der Waals surface area contributed by atoms with E-state index in [1.54, 1.807) is 11.8 Å². The van der Waals surface area contributed by atoms with Gasteiger partial charge in [0.2, 0.25) is 0 Å². The molecule has 0 heterocycles. The molecule has 0 aliphatic heterocycles. The van der Waals surface area contributed by atoms with Crippen molar-refractivity contribution in [1.29, 1.82) is 0 Å². The Labute approximate surface area is 139 Å². The molecule has 2 rings (SSSR count). The first kappa shape index (κ1) is 17.3. The van der Waals surface area contributed by atoms with Crippen LogP contribution in [-0.4, -0.2) is 5.78 Å². The predicted octanol–water partition coefficient (Wildman–Crippen LogP) is 6.30. The van der Waals surface area contributed by atoms with Gasteiger partial charge in [0.15, 0.2) is 5.78 Å². The summed E-state index contributed by atoms with van der Waals surface area (Å²) in [5.74, 6) is 1.24. The van der Waals surface area contributed by atoms with Crippen molar-refractivity contribution in [2.45, 2.75) is 71.1 Å². The standard InChI is InChI=1S/C20H28OS/c1-13(2)15-8-7-9-16(14(3)4)19(15)22-18-10-11-20(5,6)12-17(18)21/h7-10,13-14H,11-12H2,1-6H3. The predicted molar refractivity (Wildman–Crippen MR) is 96.6 cm³/mol. The summed E-state index contributed by atoms with van der Waals surface area (Å²) < 4.78 is 0. The Morgan fingerprint density at radius 1 is 1.05 bits per heavy atom. The normalized spacial score (nSPS) is 18.0. The molecule has 0 radical (unpaired) electrons. The van der Waals surface area contributed by atoms with E-state index in [0.29, 0.717) is 24.0 Å². The van der Waals surface area contributed by atoms with Crippen molar-refractivity contribution in [2.24, 2.45) is 5.41 Å². The van der Waals surface area contributed by atoms with E-state index in [1.807, 2.05) is 0 Å². The van der Waals surface area contributed by atoms with Crippen LogP contribution in [0.5, 0.6) is 0 Å². The van der Waals surface area contributed by atoms with Crippen molar-refractivity contribution in [3.8, 4) is 0 Å². The summed E-state index contributed by atoms with van der Waals surface area (Å²) in [6, 6.07) is 6.56. The molecule has 0 unspecified atom stereocenters. The number of carbonyl (C=O) groups excluding carboxylic acids is 1. The summed E-state index contributed by atoms with van der Waals surface area (Å²) >= 11 is 1.69. The molecule has 22 heavy (non-hydrogen) atoms. The lowest BCUT2D eigenvalue weighted by Crippen LogP contribution is -2.21. The lowest BCUT2D eigenvalue weighted by atomic mass is 9.80. The van der Waals surface area contributed by atoms with E-state index in [1.165, 1.54) is 16.0 Å². The van der Waals surface area contributed by atoms with E-state index in [4.69, 9.17) is 0 Å². The fraction of sp³-hybridized carbons (Fsp3) is 0.550. The second-order valence-corrected chi connectivity index (χ2v) is 8.77. The highest BCUT2D eigenvalue weighted by Gasteiger charge is 2.29. The molecule has 1 nitrogen and oxygen atoms in total. The lowest BCUT2D eigenvalue weighted by Gasteiger charge is -2.28. The fourth-order valence-corrected chi connectivity index (χ4v) is 4.30. The van der Waals surface area contributed by atoms with Crippen LogP contribution in [0.15, 0.2) is 34.1 Å². The van der Waals surface area contributed by atoms with Crippen molar-refractivity contribution in [1.82, 2.24) is 0 Å². The van der Waals surface area contributed by atoms with Crippen molar-refractivity contribution >= 4 is 17.5 Å². The molecule has 0 spiro atoms. The van der Waals surface area contributed by atoms with Gasteiger partial charge in [0.25, 0.3) is 0 Å². The zero-order valence-corrected chi connectivity index (χ0v) is 15.5. The molecular formula is C20H28OS. The summed E-state index contributed by atoms with van der Waals surface area (Å²) in [7, 11) is 0. The minimum absolute atomic E-state index is 0.111. The number of hydrogen-bond donors (Lipinski definition) is 0. The Morgan fingerprint density at radius 2 is 1.59 bits per heavy atom. The monoisotopic (exact) mass is 316 g/mol. The maximum Gasteiger partial charge on any atom is 0.169 e. The van der Waals surface area contributed by atoms with Gasteiger partial charge in [0.05, 0.1) is 4.91 Å². The van der Waals surface area contributed by atoms with Crippen molar-refractivity contribution in [2.75, 3.05) is 0 Å². The Hall–Kier alpha value is -1.02. The number of thioether (sulfide) groups is 1. The summed E-state index contributed by atoms with van der Waals surface area (Å²) in [6.45, 7) is 13.2. The third-order valence-electron chi connectivity index (χ3n) is 4.29. The van der Waals surface area contributed by atoms with Crippen LogP contribution in [0.2, 0.25) is 0 Å². The molecule has 1 aliphatic rings. The molecule has 1 aromatic rings. The largest absolute Gasteiger partial charge is 0.294 e. The van der Waals surface area contributed by atoms with Gasteiger partial charge >= 0.3 is 0 Å². The summed E-state index contributed by atoms with van der Waals surface area (Å²) in [6.07, 6.45) is 3.80. The molecule has 0 amide bonds. The average Bonchev–Trinajstić information content (AvgIpc) is 2.41. The molecule has 0 saturated heterocycles. The van der Waals surface area contributed by atoms with Gasteiger partial charge in [-0.25, -0.2) is 0 Å². The number of rotatable bonds is 4. The smallest absolute Gasteiger partial charge is 0.169 e. The third-order valence-corrected chi connectivity index (χ3v) is 5.58. The second kappa shape index (κ2) is 6.62. The number of allylic oxidation sites excluding steroid dienone is 2. The number of benzene rings is 1. The van der Waals surface area contributed by atoms with E-state index < -0.39 is 0 Å². The topological polar surface area (TPSA) is 17.1 Å². The van der Waals surface area contributed by atoms with Gasteiger partial charge < -0.3 is 0 Å². The quantitative estimate of drug-likeness (QED) is 0.648. The zero-order valence-electron chi connectivity index (χ0n) is 14.7. The van der Waals surface area contributed by atoms with Crippen LogP contribution in [0.3, 0.4) is 0 Å². The third kappa shape index (κ3) is 3.84. The van der Waals surface area contributed by atoms with Crippen LogP contribution in [0.1, 0.15) is 77.3 Å². The van der Waals surface area contributed by atoms with E-state index >= 15 is 0 Å². The highest BCUT2D eigenvalue weighted by atomic mass is 32.2. The first-order valence-corrected chi connectivity index (χ1v) is 9.07. The molecule has 0 N–H and O–H groups in total. The van der Waals surface area contributed by atoms with Gasteiger partial charge in [-0.1, -0.05) is 77.6 Å². The van der Waals surface area contributed by atoms with E-state index in [0.717, 1.165) is 11.3 Å². The first-order valence-electron chi connectivity index (χ1n) is 8.25. The molecule has 0 atom stereocenters. The maximum absolute atomic E-state index is 12.5. The number of hydrogen-bond acceptors (Lipinski definition) is 2. The molecular weight excluding hydrogens is 288 g/mol. The number of ketones is 1. The van der Waals surface area contributed by atoms with Crippen LogP contribution >= 0.6 is 11.8 Å². The minimum Gasteiger partial charge on any atom is -0.294 e. The van der Waals surface area contributed by atoms with Crippen LogP contribution in [0, 0.1) is 5.41 Å². The summed E-state index contributed by atoms with van der Waals surface area (Å²) in [5.41, 5.74) is 2.82. The Morgan fingerprint density at radius 3 is 2.05 bits per heavy atom. The van der Waals surface area contributed by atoms with Crippen LogP contribution < -0.4 is 0 Å². The molecule has 0 bridgehead atoms. The van der Waals surface area contributed by atoms with Gasteiger partial charge in [0.1, 0.15) is 0 Å². The first-order chi connectivity index (χ1) is 10.2. The van der Waals surface area contributed by atoms with E-state index in [9.17, 15) is 4.79 Å². The van der Waals surface area contributed by atoms with Gasteiger partial charge in [-0.3, -0.25) is 4.79 Å². The molecule has 2 heteroatoms. The SMILES string of the molecule is CC(C)c1cccc(C(C)C)c1SC1=CCC(C)(C)CC1=O. The van der Waals surface area contributed by atoms with Crippen LogP contribution in [0.4, 0.5) is 0 Å². The van der Waals surface area contributed by atoms with Gasteiger partial charge in [0, 0.05) is 11.3 Å². The number of Topliss-reactive ketones (excluding diaryl/α,β-unsaturated/α-hetero) is 1. The highest BCUT2D eigenvalue weighted by Crippen LogP contribution is 2.43. The van der Waals surface area contributed by atoms with E-state index in [-0.39, 0.29) is 5.41 Å². The van der Waals surface area contributed by atoms with Crippen molar-refractivity contribution < 1.29 is 4.79 Å². The molecule has 1 aromatic carbocycles. The Balaban J connectivity index is 2.40. The maximum atomic E-state index is 12.5. The van der Waals surface area contributed by atoms with Gasteiger partial charge in [-0.05, 0) is 34.8 Å². The van der Waals surface area contributed by atoms with E-state index in [2.05, 4.69) is 65.8 Å².